The van der Waals surface area contributed by atoms with Gasteiger partial charge in [-0.3, -0.25) is 4.57 Å². The van der Waals surface area contributed by atoms with Crippen LogP contribution in [0.1, 0.15) is 49.5 Å². The average Bonchev–Trinajstić information content (AvgIpc) is 3.23. The van der Waals surface area contributed by atoms with Crippen LogP contribution in [0.2, 0.25) is 0 Å². The van der Waals surface area contributed by atoms with Crippen molar-refractivity contribution < 1.29 is 9.50 Å². The lowest BCUT2D eigenvalue weighted by molar-refractivity contribution is 0.264. The smallest absolute Gasteiger partial charge is 0.350 e. The molecule has 0 atom stereocenters. The minimum absolute atomic E-state index is 0.0296. The van der Waals surface area contributed by atoms with Crippen LogP contribution in [0.5, 0.6) is 0 Å². The summed E-state index contributed by atoms with van der Waals surface area (Å²) >= 11 is 0. The Hall–Kier alpha value is -3.33. The molecule has 0 saturated heterocycles. The van der Waals surface area contributed by atoms with Crippen LogP contribution in [0, 0.1) is 19.7 Å². The van der Waals surface area contributed by atoms with Crippen molar-refractivity contribution in [3.63, 3.8) is 0 Å². The molecule has 3 aromatic heterocycles. The van der Waals surface area contributed by atoms with Crippen LogP contribution in [-0.4, -0.2) is 34.2 Å². The summed E-state index contributed by atoms with van der Waals surface area (Å²) in [7, 11) is 0. The van der Waals surface area contributed by atoms with E-state index in [0.717, 1.165) is 27.0 Å². The first-order valence-corrected chi connectivity index (χ1v) is 10.2. The fourth-order valence-electron chi connectivity index (χ4n) is 3.89. The molecular weight excluding hydrogens is 399 g/mol. The van der Waals surface area contributed by atoms with Gasteiger partial charge in [0.25, 0.3) is 0 Å². The minimum atomic E-state index is -0.618. The fourth-order valence-corrected chi connectivity index (χ4v) is 3.89. The highest BCUT2D eigenvalue weighted by Crippen LogP contribution is 2.30. The second-order valence-corrected chi connectivity index (χ2v) is 7.90. The largest absolute Gasteiger partial charge is 0.388 e. The van der Waals surface area contributed by atoms with Crippen molar-refractivity contribution in [2.75, 3.05) is 0 Å². The molecule has 9 heteroatoms. The monoisotopic (exact) mass is 424 g/mol. The molecule has 31 heavy (non-hydrogen) atoms. The Bertz CT molecular complexity index is 1350. The number of aliphatic hydroxyl groups is 1. The van der Waals surface area contributed by atoms with Crippen molar-refractivity contribution in [3.8, 4) is 11.5 Å². The Kier molecular flexibility index (Phi) is 5.22. The van der Waals surface area contributed by atoms with Crippen LogP contribution in [0.15, 0.2) is 29.1 Å². The van der Waals surface area contributed by atoms with Crippen molar-refractivity contribution in [3.05, 3.63) is 63.3 Å². The van der Waals surface area contributed by atoms with Gasteiger partial charge >= 0.3 is 5.69 Å². The lowest BCUT2D eigenvalue weighted by atomic mass is 9.98. The van der Waals surface area contributed by atoms with Gasteiger partial charge in [-0.25, -0.2) is 18.9 Å². The van der Waals surface area contributed by atoms with Crippen molar-refractivity contribution in [2.24, 2.45) is 0 Å². The molecule has 0 aliphatic heterocycles. The molecule has 0 spiro atoms. The second kappa shape index (κ2) is 7.73. The molecule has 4 aromatic rings. The lowest BCUT2D eigenvalue weighted by Crippen LogP contribution is -2.24. The predicted molar refractivity (Wildman–Crippen MR) is 115 cm³/mol. The van der Waals surface area contributed by atoms with Crippen LogP contribution in [0.3, 0.4) is 0 Å². The molecule has 1 aromatic carbocycles. The first-order chi connectivity index (χ1) is 14.7. The van der Waals surface area contributed by atoms with Gasteiger partial charge in [0.1, 0.15) is 12.3 Å². The number of pyridine rings is 1. The van der Waals surface area contributed by atoms with Gasteiger partial charge < -0.3 is 5.11 Å². The number of benzene rings is 1. The van der Waals surface area contributed by atoms with E-state index in [0.29, 0.717) is 17.9 Å². The van der Waals surface area contributed by atoms with Gasteiger partial charge in [-0.15, -0.1) is 5.10 Å². The van der Waals surface area contributed by atoms with Gasteiger partial charge in [0.2, 0.25) is 0 Å². The van der Waals surface area contributed by atoms with Crippen molar-refractivity contribution >= 4 is 10.9 Å². The average molecular weight is 424 g/mol. The summed E-state index contributed by atoms with van der Waals surface area (Å²) in [5.41, 5.74) is 2.77. The van der Waals surface area contributed by atoms with Crippen molar-refractivity contribution in [1.29, 1.82) is 0 Å². The van der Waals surface area contributed by atoms with E-state index >= 15 is 4.39 Å². The quantitative estimate of drug-likeness (QED) is 0.531. The molecule has 0 aliphatic carbocycles. The van der Waals surface area contributed by atoms with Crippen molar-refractivity contribution in [2.45, 2.75) is 53.7 Å². The van der Waals surface area contributed by atoms with Crippen LogP contribution < -0.4 is 5.69 Å². The standard InChI is InChI=1S/C22H25FN6O2/c1-6-27-21(11-30)26-29(22(27)31)19-8-16-15(12(2)3)9-20(24-18(16)10-17(19)23)28-14(5)7-13(4)25-28/h7-10,12,30H,6,11H2,1-5H3. The summed E-state index contributed by atoms with van der Waals surface area (Å²) in [5.74, 6) is 0.308. The van der Waals surface area contributed by atoms with E-state index in [9.17, 15) is 9.90 Å². The topological polar surface area (TPSA) is 90.8 Å². The molecule has 162 valence electrons. The number of fused-ring (bicyclic) bond motifs is 1. The summed E-state index contributed by atoms with van der Waals surface area (Å²) in [4.78, 5) is 17.4. The number of hydrogen-bond donors (Lipinski definition) is 1. The SMILES string of the molecule is CCn1c(CO)nn(-c2cc3c(C(C)C)cc(-n4nc(C)cc4C)nc3cc2F)c1=O. The first-order valence-electron chi connectivity index (χ1n) is 10.2. The maximum atomic E-state index is 15.2. The van der Waals surface area contributed by atoms with E-state index < -0.39 is 18.1 Å². The van der Waals surface area contributed by atoms with E-state index in [1.165, 1.54) is 10.6 Å². The molecule has 3 heterocycles. The Balaban J connectivity index is 1.98. The van der Waals surface area contributed by atoms with Crippen molar-refractivity contribution in [1.82, 2.24) is 29.1 Å². The molecule has 8 nitrogen and oxygen atoms in total. The molecule has 0 saturated carbocycles. The highest BCUT2D eigenvalue weighted by atomic mass is 19.1. The highest BCUT2D eigenvalue weighted by molar-refractivity contribution is 5.86. The number of aliphatic hydroxyl groups excluding tert-OH is 1. The predicted octanol–water partition coefficient (Wildman–Crippen LogP) is 3.16. The van der Waals surface area contributed by atoms with E-state index in [2.05, 4.69) is 15.2 Å². The Morgan fingerprint density at radius 1 is 1.10 bits per heavy atom. The zero-order valence-corrected chi connectivity index (χ0v) is 18.2. The molecule has 4 rings (SSSR count). The third-order valence-electron chi connectivity index (χ3n) is 5.37. The van der Waals surface area contributed by atoms with Gasteiger partial charge in [0, 0.05) is 23.7 Å². The maximum Gasteiger partial charge on any atom is 0.350 e. The summed E-state index contributed by atoms with van der Waals surface area (Å²) in [6.07, 6.45) is 0. The van der Waals surface area contributed by atoms with E-state index in [-0.39, 0.29) is 17.4 Å². The summed E-state index contributed by atoms with van der Waals surface area (Å²) in [6, 6.07) is 6.83. The van der Waals surface area contributed by atoms with Crippen LogP contribution in [-0.2, 0) is 13.2 Å². The zero-order valence-electron chi connectivity index (χ0n) is 18.2. The minimum Gasteiger partial charge on any atom is -0.388 e. The van der Waals surface area contributed by atoms with E-state index in [1.807, 2.05) is 39.8 Å². The fraction of sp³-hybridized carbons (Fsp3) is 0.364. The van der Waals surface area contributed by atoms with Crippen LogP contribution >= 0.6 is 0 Å². The Morgan fingerprint density at radius 2 is 1.84 bits per heavy atom. The number of rotatable bonds is 5. The molecule has 0 amide bonds. The number of aryl methyl sites for hydroxylation is 2. The third kappa shape index (κ3) is 3.44. The number of nitrogens with zero attached hydrogens (tertiary/aromatic N) is 6. The summed E-state index contributed by atoms with van der Waals surface area (Å²) in [5, 5.41) is 18.9. The summed E-state index contributed by atoms with van der Waals surface area (Å²) < 4.78 is 19.2. The molecule has 0 unspecified atom stereocenters. The molecule has 1 N–H and O–H groups in total. The van der Waals surface area contributed by atoms with Crippen LogP contribution in [0.25, 0.3) is 22.4 Å². The maximum absolute atomic E-state index is 15.2. The highest BCUT2D eigenvalue weighted by Gasteiger charge is 2.19. The second-order valence-electron chi connectivity index (χ2n) is 7.90. The third-order valence-corrected chi connectivity index (χ3v) is 5.37. The zero-order chi connectivity index (χ0) is 22.4. The molecule has 0 radical (unpaired) electrons. The van der Waals surface area contributed by atoms with Gasteiger partial charge in [-0.1, -0.05) is 13.8 Å². The Morgan fingerprint density at radius 3 is 2.39 bits per heavy atom. The Labute approximate surface area is 178 Å². The molecule has 0 bridgehead atoms. The number of hydrogen-bond acceptors (Lipinski definition) is 5. The summed E-state index contributed by atoms with van der Waals surface area (Å²) in [6.45, 7) is 9.64. The lowest BCUT2D eigenvalue weighted by Gasteiger charge is -2.14. The van der Waals surface area contributed by atoms with Gasteiger partial charge in [-0.2, -0.15) is 9.78 Å². The van der Waals surface area contributed by atoms with Gasteiger partial charge in [0.05, 0.1) is 11.2 Å². The van der Waals surface area contributed by atoms with E-state index in [4.69, 9.17) is 0 Å². The molecular formula is C22H25FN6O2. The van der Waals surface area contributed by atoms with Crippen LogP contribution in [0.4, 0.5) is 4.39 Å². The number of aromatic nitrogens is 6. The number of halogens is 1. The van der Waals surface area contributed by atoms with Gasteiger partial charge in [0.15, 0.2) is 17.5 Å². The normalized spacial score (nSPS) is 11.7. The molecule has 0 fully saturated rings. The van der Waals surface area contributed by atoms with E-state index in [1.54, 1.807) is 17.7 Å². The molecule has 0 aliphatic rings. The van der Waals surface area contributed by atoms with Gasteiger partial charge in [-0.05, 0) is 50.5 Å². The first kappa shape index (κ1) is 20.9.